The molecule has 106 valence electrons. The maximum atomic E-state index is 12.0. The predicted molar refractivity (Wildman–Crippen MR) is 78.1 cm³/mol. The predicted octanol–water partition coefficient (Wildman–Crippen LogP) is 2.65. The molecule has 0 aliphatic heterocycles. The van der Waals surface area contributed by atoms with Crippen LogP contribution < -0.4 is 11.1 Å². The van der Waals surface area contributed by atoms with Crippen molar-refractivity contribution in [1.29, 1.82) is 0 Å². The molecule has 1 aromatic rings. The summed E-state index contributed by atoms with van der Waals surface area (Å²) in [6, 6.07) is 4.91. The van der Waals surface area contributed by atoms with Crippen LogP contribution in [0, 0.1) is 18.8 Å². The number of nitrogens with one attached hydrogen (secondary N) is 1. The Hall–Kier alpha value is -1.55. The largest absolute Gasteiger partial charge is 0.508 e. The Morgan fingerprint density at radius 2 is 2.11 bits per heavy atom. The lowest BCUT2D eigenvalue weighted by Crippen LogP contribution is -2.23. The molecule has 0 aliphatic rings. The van der Waals surface area contributed by atoms with Crippen LogP contribution in [0.3, 0.4) is 0 Å². The Morgan fingerprint density at radius 3 is 2.63 bits per heavy atom. The van der Waals surface area contributed by atoms with Gasteiger partial charge in [-0.15, -0.1) is 0 Å². The van der Waals surface area contributed by atoms with Crippen molar-refractivity contribution in [2.24, 2.45) is 17.6 Å². The monoisotopic (exact) mass is 264 g/mol. The van der Waals surface area contributed by atoms with Crippen molar-refractivity contribution in [2.75, 3.05) is 11.9 Å². The van der Waals surface area contributed by atoms with Crippen LogP contribution in [-0.2, 0) is 4.79 Å². The lowest BCUT2D eigenvalue weighted by atomic mass is 9.94. The number of phenolic OH excluding ortho intramolecular Hbond substituents is 1. The summed E-state index contributed by atoms with van der Waals surface area (Å²) in [7, 11) is 0. The topological polar surface area (TPSA) is 75.3 Å². The molecule has 4 nitrogen and oxygen atoms in total. The summed E-state index contributed by atoms with van der Waals surface area (Å²) < 4.78 is 0. The minimum atomic E-state index is -0.0233. The number of hydrogen-bond donors (Lipinski definition) is 3. The van der Waals surface area contributed by atoms with E-state index in [2.05, 4.69) is 19.2 Å². The highest BCUT2D eigenvalue weighted by Crippen LogP contribution is 2.21. The van der Waals surface area contributed by atoms with Gasteiger partial charge in [0.25, 0.3) is 0 Å². The zero-order valence-electron chi connectivity index (χ0n) is 11.9. The van der Waals surface area contributed by atoms with Crippen molar-refractivity contribution >= 4 is 11.6 Å². The van der Waals surface area contributed by atoms with Gasteiger partial charge in [0.1, 0.15) is 5.75 Å². The van der Waals surface area contributed by atoms with Crippen molar-refractivity contribution in [3.05, 3.63) is 23.8 Å². The molecule has 4 heteroatoms. The second-order valence-corrected chi connectivity index (χ2v) is 5.48. The van der Waals surface area contributed by atoms with Crippen LogP contribution >= 0.6 is 0 Å². The third kappa shape index (κ3) is 5.30. The van der Waals surface area contributed by atoms with E-state index < -0.39 is 0 Å². The van der Waals surface area contributed by atoms with Gasteiger partial charge in [-0.25, -0.2) is 0 Å². The summed E-state index contributed by atoms with van der Waals surface area (Å²) in [6.07, 6.45) is 1.40. The van der Waals surface area contributed by atoms with E-state index in [0.29, 0.717) is 18.9 Å². The Labute approximate surface area is 115 Å². The first-order valence-electron chi connectivity index (χ1n) is 6.72. The van der Waals surface area contributed by atoms with E-state index in [-0.39, 0.29) is 17.6 Å². The van der Waals surface area contributed by atoms with Crippen LogP contribution in [0.2, 0.25) is 0 Å². The van der Waals surface area contributed by atoms with Crippen LogP contribution in [0.1, 0.15) is 32.3 Å². The van der Waals surface area contributed by atoms with E-state index in [1.165, 1.54) is 0 Å². The van der Waals surface area contributed by atoms with Gasteiger partial charge in [-0.3, -0.25) is 4.79 Å². The lowest BCUT2D eigenvalue weighted by molar-refractivity contribution is -0.117. The summed E-state index contributed by atoms with van der Waals surface area (Å²) in [5.74, 6) is 0.939. The number of aromatic hydroxyl groups is 1. The molecule has 0 aromatic heterocycles. The molecule has 1 rings (SSSR count). The molecule has 1 amide bonds. The smallest absolute Gasteiger partial charge is 0.224 e. The molecule has 0 saturated heterocycles. The Bertz CT molecular complexity index is 430. The molecule has 4 N–H and O–H groups in total. The third-order valence-corrected chi connectivity index (χ3v) is 3.10. The number of carbonyl (C=O) groups is 1. The van der Waals surface area contributed by atoms with E-state index >= 15 is 0 Å². The fraction of sp³-hybridized carbons (Fsp3) is 0.533. The number of rotatable bonds is 6. The van der Waals surface area contributed by atoms with Gasteiger partial charge in [0.2, 0.25) is 5.91 Å². The summed E-state index contributed by atoms with van der Waals surface area (Å²) in [6.45, 7) is 6.64. The highest BCUT2D eigenvalue weighted by Gasteiger charge is 2.14. The van der Waals surface area contributed by atoms with E-state index in [1.807, 2.05) is 6.92 Å². The normalized spacial score (nSPS) is 12.5. The number of aryl methyl sites for hydroxylation is 1. The number of amides is 1. The van der Waals surface area contributed by atoms with Gasteiger partial charge in [-0.1, -0.05) is 13.8 Å². The van der Waals surface area contributed by atoms with Gasteiger partial charge in [-0.2, -0.15) is 0 Å². The van der Waals surface area contributed by atoms with Crippen molar-refractivity contribution in [2.45, 2.75) is 33.6 Å². The SMILES string of the molecule is Cc1cc(O)ccc1NC(=O)CC(CN)CC(C)C. The standard InChI is InChI=1S/C15H24N2O2/c1-10(2)6-12(9-16)8-15(19)17-14-5-4-13(18)7-11(14)3/h4-5,7,10,12,18H,6,8-9,16H2,1-3H3,(H,17,19). The first kappa shape index (κ1) is 15.5. The fourth-order valence-electron chi connectivity index (χ4n) is 2.18. The summed E-state index contributed by atoms with van der Waals surface area (Å²) >= 11 is 0. The van der Waals surface area contributed by atoms with Crippen LogP contribution in [-0.4, -0.2) is 17.6 Å². The molecule has 0 aliphatic carbocycles. The number of nitrogens with two attached hydrogens (primary N) is 1. The van der Waals surface area contributed by atoms with Gasteiger partial charge in [0.05, 0.1) is 0 Å². The first-order chi connectivity index (χ1) is 8.92. The highest BCUT2D eigenvalue weighted by molar-refractivity contribution is 5.91. The van der Waals surface area contributed by atoms with Crippen molar-refractivity contribution in [1.82, 2.24) is 0 Å². The zero-order chi connectivity index (χ0) is 14.4. The number of anilines is 1. The van der Waals surface area contributed by atoms with E-state index in [1.54, 1.807) is 18.2 Å². The number of hydrogen-bond acceptors (Lipinski definition) is 3. The molecule has 0 saturated carbocycles. The quantitative estimate of drug-likeness (QED) is 0.691. The lowest BCUT2D eigenvalue weighted by Gasteiger charge is -2.17. The average molecular weight is 264 g/mol. The molecular formula is C15H24N2O2. The fourth-order valence-corrected chi connectivity index (χ4v) is 2.18. The molecule has 0 heterocycles. The second kappa shape index (κ2) is 7.14. The van der Waals surface area contributed by atoms with Crippen molar-refractivity contribution < 1.29 is 9.90 Å². The zero-order valence-corrected chi connectivity index (χ0v) is 11.9. The van der Waals surface area contributed by atoms with Crippen LogP contribution in [0.25, 0.3) is 0 Å². The maximum absolute atomic E-state index is 12.0. The number of benzene rings is 1. The summed E-state index contributed by atoms with van der Waals surface area (Å²) in [5.41, 5.74) is 7.29. The molecule has 0 spiro atoms. The van der Waals surface area contributed by atoms with Gasteiger partial charge in [0, 0.05) is 12.1 Å². The van der Waals surface area contributed by atoms with Gasteiger partial charge >= 0.3 is 0 Å². The Morgan fingerprint density at radius 1 is 1.42 bits per heavy atom. The van der Waals surface area contributed by atoms with Crippen LogP contribution in [0.15, 0.2) is 18.2 Å². The highest BCUT2D eigenvalue weighted by atomic mass is 16.3. The molecule has 0 bridgehead atoms. The second-order valence-electron chi connectivity index (χ2n) is 5.48. The molecule has 19 heavy (non-hydrogen) atoms. The molecule has 1 unspecified atom stereocenters. The van der Waals surface area contributed by atoms with Gasteiger partial charge in [-0.05, 0) is 55.5 Å². The Balaban J connectivity index is 2.59. The van der Waals surface area contributed by atoms with Crippen molar-refractivity contribution in [3.63, 3.8) is 0 Å². The first-order valence-corrected chi connectivity index (χ1v) is 6.72. The van der Waals surface area contributed by atoms with E-state index in [9.17, 15) is 9.90 Å². The van der Waals surface area contributed by atoms with Crippen molar-refractivity contribution in [3.8, 4) is 5.75 Å². The molecular weight excluding hydrogens is 240 g/mol. The Kier molecular flexibility index (Phi) is 5.83. The van der Waals surface area contributed by atoms with Crippen LogP contribution in [0.5, 0.6) is 5.75 Å². The van der Waals surface area contributed by atoms with Crippen LogP contribution in [0.4, 0.5) is 5.69 Å². The minimum Gasteiger partial charge on any atom is -0.508 e. The van der Waals surface area contributed by atoms with E-state index in [0.717, 1.165) is 17.7 Å². The maximum Gasteiger partial charge on any atom is 0.224 e. The summed E-state index contributed by atoms with van der Waals surface area (Å²) in [4.78, 5) is 12.0. The molecule has 0 fully saturated rings. The average Bonchev–Trinajstić information content (AvgIpc) is 2.31. The summed E-state index contributed by atoms with van der Waals surface area (Å²) in [5, 5.41) is 12.2. The number of phenols is 1. The minimum absolute atomic E-state index is 0.0233. The van der Waals surface area contributed by atoms with Gasteiger partial charge < -0.3 is 16.2 Å². The molecule has 1 aromatic carbocycles. The number of carbonyl (C=O) groups excluding carboxylic acids is 1. The van der Waals surface area contributed by atoms with Gasteiger partial charge in [0.15, 0.2) is 0 Å². The molecule has 0 radical (unpaired) electrons. The molecule has 1 atom stereocenters. The van der Waals surface area contributed by atoms with E-state index in [4.69, 9.17) is 5.73 Å². The third-order valence-electron chi connectivity index (χ3n) is 3.10.